The third kappa shape index (κ3) is 4.96. The first kappa shape index (κ1) is 16.8. The Labute approximate surface area is 129 Å². The van der Waals surface area contributed by atoms with E-state index in [1.165, 1.54) is 12.8 Å². The number of nitrogens with one attached hydrogen (secondary N) is 1. The number of ether oxygens (including phenoxy) is 1. The van der Waals surface area contributed by atoms with E-state index in [4.69, 9.17) is 4.74 Å². The summed E-state index contributed by atoms with van der Waals surface area (Å²) in [6, 6.07) is 0.00443. The molecule has 0 aromatic rings. The molecule has 0 radical (unpaired) electrons. The molecule has 0 aromatic carbocycles. The van der Waals surface area contributed by atoms with Crippen LogP contribution < -0.4 is 5.32 Å². The van der Waals surface area contributed by atoms with Crippen LogP contribution in [-0.2, 0) is 9.53 Å². The molecule has 0 spiro atoms. The molecule has 1 amide bonds. The summed E-state index contributed by atoms with van der Waals surface area (Å²) in [6.45, 7) is 11.2. The third-order valence-electron chi connectivity index (χ3n) is 4.37. The normalized spacial score (nSPS) is 26.4. The molecule has 0 aromatic heterocycles. The first-order valence-corrected chi connectivity index (χ1v) is 8.63. The zero-order valence-electron chi connectivity index (χ0n) is 14.1. The van der Waals surface area contributed by atoms with Gasteiger partial charge in [-0.3, -0.25) is 10.1 Å². The van der Waals surface area contributed by atoms with Gasteiger partial charge in [0.15, 0.2) is 0 Å². The van der Waals surface area contributed by atoms with Crippen molar-refractivity contribution in [3.8, 4) is 0 Å². The summed E-state index contributed by atoms with van der Waals surface area (Å²) in [5.41, 5.74) is 0. The molecule has 1 N–H and O–H groups in total. The van der Waals surface area contributed by atoms with Crippen molar-refractivity contribution in [3.05, 3.63) is 0 Å². The van der Waals surface area contributed by atoms with Gasteiger partial charge in [0.2, 0.25) is 5.91 Å². The van der Waals surface area contributed by atoms with Crippen LogP contribution in [0.1, 0.15) is 53.4 Å². The molecule has 1 saturated carbocycles. The fourth-order valence-electron chi connectivity index (χ4n) is 3.02. The average Bonchev–Trinajstić information content (AvgIpc) is 3.17. The molecular weight excluding hydrogens is 264 g/mol. The second-order valence-corrected chi connectivity index (χ2v) is 7.44. The fraction of sp³-hybridized carbons (Fsp3) is 0.941. The number of rotatable bonds is 9. The molecule has 0 bridgehead atoms. The highest BCUT2D eigenvalue weighted by Gasteiger charge is 2.39. The van der Waals surface area contributed by atoms with E-state index in [1.807, 2.05) is 4.90 Å². The number of carbonyl (C=O) groups is 1. The van der Waals surface area contributed by atoms with Crippen molar-refractivity contribution in [2.45, 2.75) is 65.6 Å². The maximum atomic E-state index is 12.6. The SMILES string of the molecule is CC(C)CC1NC(C(C)C)N(CCCOCC2CC2)C1=O. The fourth-order valence-corrected chi connectivity index (χ4v) is 3.02. The van der Waals surface area contributed by atoms with Gasteiger partial charge in [0.05, 0.1) is 12.2 Å². The predicted molar refractivity (Wildman–Crippen MR) is 84.9 cm³/mol. The van der Waals surface area contributed by atoms with Gasteiger partial charge in [-0.1, -0.05) is 27.7 Å². The van der Waals surface area contributed by atoms with Gasteiger partial charge in [-0.15, -0.1) is 0 Å². The van der Waals surface area contributed by atoms with Crippen molar-refractivity contribution < 1.29 is 9.53 Å². The molecule has 122 valence electrons. The van der Waals surface area contributed by atoms with E-state index in [0.29, 0.717) is 11.8 Å². The van der Waals surface area contributed by atoms with Crippen molar-refractivity contribution in [1.29, 1.82) is 0 Å². The van der Waals surface area contributed by atoms with E-state index in [0.717, 1.165) is 38.5 Å². The topological polar surface area (TPSA) is 41.6 Å². The number of hydrogen-bond donors (Lipinski definition) is 1. The number of carbonyl (C=O) groups excluding carboxylic acids is 1. The summed E-state index contributed by atoms with van der Waals surface area (Å²) in [5.74, 6) is 2.09. The Balaban J connectivity index is 1.77. The van der Waals surface area contributed by atoms with E-state index in [9.17, 15) is 4.79 Å². The molecule has 2 unspecified atom stereocenters. The second kappa shape index (κ2) is 7.59. The zero-order valence-corrected chi connectivity index (χ0v) is 14.1. The first-order chi connectivity index (χ1) is 9.99. The van der Waals surface area contributed by atoms with E-state index in [1.54, 1.807) is 0 Å². The Kier molecular flexibility index (Phi) is 6.06. The lowest BCUT2D eigenvalue weighted by atomic mass is 10.0. The molecule has 21 heavy (non-hydrogen) atoms. The number of nitrogens with zero attached hydrogens (tertiary/aromatic N) is 1. The Morgan fingerprint density at radius 1 is 1.29 bits per heavy atom. The summed E-state index contributed by atoms with van der Waals surface area (Å²) in [5, 5.41) is 3.53. The van der Waals surface area contributed by atoms with E-state index in [-0.39, 0.29) is 18.1 Å². The van der Waals surface area contributed by atoms with E-state index in [2.05, 4.69) is 33.0 Å². The number of amides is 1. The van der Waals surface area contributed by atoms with Crippen LogP contribution in [0.2, 0.25) is 0 Å². The second-order valence-electron chi connectivity index (χ2n) is 7.44. The summed E-state index contributed by atoms with van der Waals surface area (Å²) < 4.78 is 5.68. The molecule has 1 aliphatic carbocycles. The van der Waals surface area contributed by atoms with Crippen LogP contribution in [-0.4, -0.2) is 42.8 Å². The molecular formula is C17H32N2O2. The van der Waals surface area contributed by atoms with Gasteiger partial charge in [-0.2, -0.15) is 0 Å². The minimum Gasteiger partial charge on any atom is -0.381 e. The van der Waals surface area contributed by atoms with Crippen molar-refractivity contribution in [1.82, 2.24) is 10.2 Å². The highest BCUT2D eigenvalue weighted by molar-refractivity contribution is 5.84. The maximum Gasteiger partial charge on any atom is 0.241 e. The number of hydrogen-bond acceptors (Lipinski definition) is 3. The van der Waals surface area contributed by atoms with Gasteiger partial charge in [0.1, 0.15) is 0 Å². The van der Waals surface area contributed by atoms with Crippen LogP contribution in [0, 0.1) is 17.8 Å². The monoisotopic (exact) mass is 296 g/mol. The Bertz CT molecular complexity index is 340. The van der Waals surface area contributed by atoms with Crippen LogP contribution >= 0.6 is 0 Å². The molecule has 1 heterocycles. The zero-order chi connectivity index (χ0) is 15.4. The van der Waals surface area contributed by atoms with Crippen LogP contribution in [0.5, 0.6) is 0 Å². The highest BCUT2D eigenvalue weighted by Crippen LogP contribution is 2.28. The molecule has 1 aliphatic heterocycles. The molecule has 2 fully saturated rings. The largest absolute Gasteiger partial charge is 0.381 e. The van der Waals surface area contributed by atoms with E-state index < -0.39 is 0 Å². The lowest BCUT2D eigenvalue weighted by Crippen LogP contribution is -2.42. The summed E-state index contributed by atoms with van der Waals surface area (Å²) in [6.07, 6.45) is 4.72. The predicted octanol–water partition coefficient (Wildman–Crippen LogP) is 2.63. The van der Waals surface area contributed by atoms with Crippen LogP contribution in [0.3, 0.4) is 0 Å². The Morgan fingerprint density at radius 2 is 2.00 bits per heavy atom. The van der Waals surface area contributed by atoms with Gasteiger partial charge < -0.3 is 9.64 Å². The smallest absolute Gasteiger partial charge is 0.241 e. The van der Waals surface area contributed by atoms with Crippen molar-refractivity contribution >= 4 is 5.91 Å². The molecule has 1 saturated heterocycles. The highest BCUT2D eigenvalue weighted by atomic mass is 16.5. The van der Waals surface area contributed by atoms with Gasteiger partial charge in [-0.25, -0.2) is 0 Å². The first-order valence-electron chi connectivity index (χ1n) is 8.63. The van der Waals surface area contributed by atoms with Crippen molar-refractivity contribution in [2.24, 2.45) is 17.8 Å². The lowest BCUT2D eigenvalue weighted by Gasteiger charge is -2.27. The Hall–Kier alpha value is -0.610. The molecule has 4 heteroatoms. The molecule has 4 nitrogen and oxygen atoms in total. The van der Waals surface area contributed by atoms with Gasteiger partial charge in [0, 0.05) is 19.8 Å². The summed E-state index contributed by atoms with van der Waals surface area (Å²) in [4.78, 5) is 14.6. The summed E-state index contributed by atoms with van der Waals surface area (Å²) >= 11 is 0. The maximum absolute atomic E-state index is 12.6. The minimum absolute atomic E-state index is 0.00443. The van der Waals surface area contributed by atoms with E-state index >= 15 is 0 Å². The Morgan fingerprint density at radius 3 is 2.57 bits per heavy atom. The van der Waals surface area contributed by atoms with Crippen molar-refractivity contribution in [2.75, 3.05) is 19.8 Å². The molecule has 2 rings (SSSR count). The average molecular weight is 296 g/mol. The molecule has 2 atom stereocenters. The third-order valence-corrected chi connectivity index (χ3v) is 4.37. The standard InChI is InChI=1S/C17H32N2O2/c1-12(2)10-15-17(20)19(16(18-15)13(3)4)8-5-9-21-11-14-6-7-14/h12-16,18H,5-11H2,1-4H3. The van der Waals surface area contributed by atoms with Gasteiger partial charge in [-0.05, 0) is 43.4 Å². The van der Waals surface area contributed by atoms with Crippen LogP contribution in [0.15, 0.2) is 0 Å². The minimum atomic E-state index is 0.00443. The summed E-state index contributed by atoms with van der Waals surface area (Å²) in [7, 11) is 0. The van der Waals surface area contributed by atoms with Gasteiger partial charge in [0.25, 0.3) is 0 Å². The molecule has 2 aliphatic rings. The van der Waals surface area contributed by atoms with Crippen molar-refractivity contribution in [3.63, 3.8) is 0 Å². The quantitative estimate of drug-likeness (QED) is 0.665. The van der Waals surface area contributed by atoms with Crippen LogP contribution in [0.25, 0.3) is 0 Å². The van der Waals surface area contributed by atoms with Crippen LogP contribution in [0.4, 0.5) is 0 Å². The lowest BCUT2D eigenvalue weighted by molar-refractivity contribution is -0.131. The van der Waals surface area contributed by atoms with Gasteiger partial charge >= 0.3 is 0 Å².